The molecule has 2 aliphatic heterocycles. The van der Waals surface area contributed by atoms with Crippen LogP contribution in [-0.2, 0) is 14.1 Å². The van der Waals surface area contributed by atoms with Gasteiger partial charge in [-0.1, -0.05) is 0 Å². The van der Waals surface area contributed by atoms with Gasteiger partial charge in [-0.15, -0.1) is 0 Å². The summed E-state index contributed by atoms with van der Waals surface area (Å²) < 4.78 is 2.25. The van der Waals surface area contributed by atoms with Gasteiger partial charge in [-0.3, -0.25) is 9.36 Å². The summed E-state index contributed by atoms with van der Waals surface area (Å²) in [4.78, 5) is 30.2. The van der Waals surface area contributed by atoms with E-state index in [1.807, 2.05) is 0 Å². The van der Waals surface area contributed by atoms with Crippen LogP contribution in [-0.4, -0.2) is 24.3 Å². The Morgan fingerprint density at radius 2 is 2.00 bits per heavy atom. The van der Waals surface area contributed by atoms with Crippen molar-refractivity contribution in [3.8, 4) is 11.5 Å². The van der Waals surface area contributed by atoms with E-state index in [9.17, 15) is 9.59 Å². The number of hydrogen-bond donors (Lipinski definition) is 0. The standard InChI is InChI=1S/C7H7N5O2/c1-11-6(13)4-5(10-7(11)14)12(2)9-3-8-4/h3H,1-2H3/i3+1,4+1,5+1,6+1. The van der Waals surface area contributed by atoms with Crippen LogP contribution in [0, 0.1) is 0 Å². The normalized spacial score (nSPS) is 10.7. The molecule has 0 spiro atoms. The van der Waals surface area contributed by atoms with Crippen LogP contribution in [0.5, 0.6) is 0 Å². The summed E-state index contributed by atoms with van der Waals surface area (Å²) in [6.07, 6.45) is 1.25. The fourth-order valence-electron chi connectivity index (χ4n) is 1.11. The number of aromatic nitrogens is 5. The van der Waals surface area contributed by atoms with E-state index < -0.39 is 11.2 Å². The first-order chi connectivity index (χ1) is 6.61. The Morgan fingerprint density at radius 3 is 2.71 bits per heavy atom. The lowest BCUT2D eigenvalue weighted by Crippen LogP contribution is -2.36. The molecule has 0 saturated carbocycles. The quantitative estimate of drug-likeness (QED) is 0.506. The number of fused-ring (bicyclic) bond motifs is 1. The van der Waals surface area contributed by atoms with Gasteiger partial charge in [0.2, 0.25) is 0 Å². The van der Waals surface area contributed by atoms with Crippen LogP contribution in [0.3, 0.4) is 0 Å². The Balaban J connectivity index is 3.05. The van der Waals surface area contributed by atoms with Gasteiger partial charge in [0.05, 0.1) is 0 Å². The maximum absolute atomic E-state index is 11.5. The zero-order valence-corrected chi connectivity index (χ0v) is 7.63. The van der Waals surface area contributed by atoms with Crippen molar-refractivity contribution >= 4 is 0 Å². The molecule has 0 aromatic rings. The smallest absolute Gasteiger partial charge is 0.267 e. The van der Waals surface area contributed by atoms with Gasteiger partial charge in [0.1, 0.15) is 6.33 Å². The van der Waals surface area contributed by atoms with E-state index in [0.29, 0.717) is 0 Å². The largest absolute Gasteiger partial charge is 0.352 e. The predicted molar refractivity (Wildman–Crippen MR) is 46.9 cm³/mol. The molecule has 0 aromatic carbocycles. The zero-order chi connectivity index (χ0) is 10.3. The monoisotopic (exact) mass is 197 g/mol. The van der Waals surface area contributed by atoms with E-state index >= 15 is 0 Å². The Kier molecular flexibility index (Phi) is 1.66. The molecule has 7 nitrogen and oxygen atoms in total. The second kappa shape index (κ2) is 2.72. The molecule has 72 valence electrons. The van der Waals surface area contributed by atoms with Gasteiger partial charge in [-0.05, 0) is 0 Å². The third kappa shape index (κ3) is 1.02. The van der Waals surface area contributed by atoms with Crippen molar-refractivity contribution in [3.63, 3.8) is 0 Å². The fraction of sp³-hybridized carbons (Fsp3) is 0.286. The van der Waals surface area contributed by atoms with Crippen LogP contribution in [0.2, 0.25) is 0 Å². The number of hydrogen-bond acceptors (Lipinski definition) is 5. The van der Waals surface area contributed by atoms with Crippen LogP contribution in [0.4, 0.5) is 0 Å². The zero-order valence-electron chi connectivity index (χ0n) is 7.63. The topological polar surface area (TPSA) is 82.7 Å². The van der Waals surface area contributed by atoms with Crippen LogP contribution in [0.1, 0.15) is 0 Å². The summed E-state index contributed by atoms with van der Waals surface area (Å²) in [5.74, 6) is 0.195. The van der Waals surface area contributed by atoms with E-state index in [2.05, 4.69) is 15.1 Å². The minimum atomic E-state index is -0.604. The van der Waals surface area contributed by atoms with Crippen molar-refractivity contribution < 1.29 is 0 Å². The van der Waals surface area contributed by atoms with Crippen LogP contribution in [0.15, 0.2) is 15.9 Å². The third-order valence-corrected chi connectivity index (χ3v) is 1.93. The Hall–Kier alpha value is -2.05. The molecule has 0 aromatic heterocycles. The average Bonchev–Trinajstić information content (AvgIpc) is 2.17. The summed E-state index contributed by atoms with van der Waals surface area (Å²) in [7, 11) is 2.95. The second-order valence-corrected chi connectivity index (χ2v) is 2.81. The molecule has 0 saturated heterocycles. The highest BCUT2D eigenvalue weighted by atomic mass is 16.2. The fourth-order valence-corrected chi connectivity index (χ4v) is 1.11. The second-order valence-electron chi connectivity index (χ2n) is 2.81. The minimum Gasteiger partial charge on any atom is -0.267 e. The van der Waals surface area contributed by atoms with Gasteiger partial charge >= 0.3 is 5.69 Å². The van der Waals surface area contributed by atoms with Crippen molar-refractivity contribution in [2.24, 2.45) is 14.1 Å². The molecule has 0 amide bonds. The van der Waals surface area contributed by atoms with Crippen molar-refractivity contribution in [1.82, 2.24) is 24.3 Å². The Bertz CT molecular complexity index is 569. The van der Waals surface area contributed by atoms with Crippen LogP contribution in [0.25, 0.3) is 11.5 Å². The van der Waals surface area contributed by atoms with Crippen molar-refractivity contribution in [2.75, 3.05) is 0 Å². The molecular formula is C7H7N5O2. The third-order valence-electron chi connectivity index (χ3n) is 1.93. The number of nitrogens with zero attached hydrogens (tertiary/aromatic N) is 5. The molecule has 0 radical (unpaired) electrons. The van der Waals surface area contributed by atoms with Crippen molar-refractivity contribution in [1.29, 1.82) is 0 Å². The summed E-state index contributed by atoms with van der Waals surface area (Å²) in [6.45, 7) is 0. The summed E-state index contributed by atoms with van der Waals surface area (Å²) in [5.41, 5.74) is -0.921. The molecule has 2 aliphatic rings. The molecule has 14 heavy (non-hydrogen) atoms. The number of rotatable bonds is 0. The van der Waals surface area contributed by atoms with E-state index in [1.54, 1.807) is 7.05 Å². The summed E-state index contributed by atoms with van der Waals surface area (Å²) in [5, 5.41) is 3.78. The maximum atomic E-state index is 11.5. The van der Waals surface area contributed by atoms with E-state index in [-0.39, 0.29) is 11.5 Å². The first kappa shape index (κ1) is 8.54. The van der Waals surface area contributed by atoms with E-state index in [0.717, 1.165) is 4.57 Å². The Labute approximate surface area is 78.0 Å². The van der Waals surface area contributed by atoms with Gasteiger partial charge in [0, 0.05) is 14.1 Å². The van der Waals surface area contributed by atoms with Gasteiger partial charge in [-0.2, -0.15) is 10.1 Å². The molecule has 0 fully saturated rings. The molecule has 2 rings (SSSR count). The molecule has 0 bridgehead atoms. The summed E-state index contributed by atoms with van der Waals surface area (Å²) >= 11 is 0. The highest BCUT2D eigenvalue weighted by Crippen LogP contribution is 2.04. The molecule has 0 atom stereocenters. The van der Waals surface area contributed by atoms with Crippen molar-refractivity contribution in [2.45, 2.75) is 0 Å². The molecule has 0 unspecified atom stereocenters. The minimum absolute atomic E-state index is 0.143. The first-order valence-corrected chi connectivity index (χ1v) is 3.86. The van der Waals surface area contributed by atoms with Crippen molar-refractivity contribution in [3.05, 3.63) is 27.2 Å². The molecule has 7 heteroatoms. The highest BCUT2D eigenvalue weighted by Gasteiger charge is 2.15. The summed E-state index contributed by atoms with van der Waals surface area (Å²) in [6, 6.07) is 0. The molecule has 2 heterocycles. The van der Waals surface area contributed by atoms with Gasteiger partial charge in [-0.25, -0.2) is 14.5 Å². The lowest BCUT2D eigenvalue weighted by Gasteiger charge is -2.06. The molecule has 0 N–H and O–H groups in total. The first-order valence-electron chi connectivity index (χ1n) is 3.86. The van der Waals surface area contributed by atoms with Gasteiger partial charge < -0.3 is 0 Å². The lowest BCUT2D eigenvalue weighted by atomic mass is 11.0. The SMILES string of the molecule is Cn1n[13cH]n[13c]2[13c](=O)n(C)c(=O)n[13c]1-2. The van der Waals surface area contributed by atoms with E-state index in [4.69, 9.17) is 0 Å². The van der Waals surface area contributed by atoms with Crippen LogP contribution >= 0.6 is 0 Å². The predicted octanol–water partition coefficient (Wildman–Crippen LogP) is -1.63. The molecular weight excluding hydrogens is 190 g/mol. The van der Waals surface area contributed by atoms with Crippen LogP contribution < -0.4 is 11.2 Å². The lowest BCUT2D eigenvalue weighted by molar-refractivity contribution is 0.674. The van der Waals surface area contributed by atoms with E-state index in [1.165, 1.54) is 18.1 Å². The van der Waals surface area contributed by atoms with Gasteiger partial charge in [0.15, 0.2) is 11.5 Å². The highest BCUT2D eigenvalue weighted by molar-refractivity contribution is 5.46. The maximum Gasteiger partial charge on any atom is 0.352 e. The van der Waals surface area contributed by atoms with Gasteiger partial charge in [0.25, 0.3) is 5.56 Å². The Morgan fingerprint density at radius 1 is 1.29 bits per heavy atom. The average molecular weight is 197 g/mol. The number of aryl methyl sites for hydroxylation is 1. The molecule has 0 aliphatic carbocycles.